The average Bonchev–Trinajstić information content (AvgIpc) is 3.05. The highest BCUT2D eigenvalue weighted by Gasteiger charge is 2.02. The SMILES string of the molecule is CC(C)c1ccc(-n2ccc(COCc3ccccn3)c2)cc1. The first-order chi connectivity index (χ1) is 11.2. The lowest BCUT2D eigenvalue weighted by molar-refractivity contribution is 0.104. The van der Waals surface area contributed by atoms with Gasteiger partial charge in [-0.3, -0.25) is 4.98 Å². The van der Waals surface area contributed by atoms with Crippen LogP contribution in [0.4, 0.5) is 0 Å². The number of hydrogen-bond acceptors (Lipinski definition) is 2. The molecular formula is C20H22N2O. The van der Waals surface area contributed by atoms with Crippen molar-refractivity contribution in [1.82, 2.24) is 9.55 Å². The second-order valence-corrected chi connectivity index (χ2v) is 5.99. The normalized spacial score (nSPS) is 11.1. The van der Waals surface area contributed by atoms with E-state index < -0.39 is 0 Å². The van der Waals surface area contributed by atoms with E-state index >= 15 is 0 Å². The largest absolute Gasteiger partial charge is 0.370 e. The van der Waals surface area contributed by atoms with Crippen molar-refractivity contribution in [2.75, 3.05) is 0 Å². The number of benzene rings is 1. The van der Waals surface area contributed by atoms with E-state index in [0.29, 0.717) is 19.1 Å². The summed E-state index contributed by atoms with van der Waals surface area (Å²) in [5.74, 6) is 0.560. The van der Waals surface area contributed by atoms with E-state index in [1.54, 1.807) is 6.20 Å². The molecule has 2 heterocycles. The lowest BCUT2D eigenvalue weighted by Gasteiger charge is -2.07. The zero-order chi connectivity index (χ0) is 16.1. The minimum absolute atomic E-state index is 0.537. The summed E-state index contributed by atoms with van der Waals surface area (Å²) >= 11 is 0. The maximum Gasteiger partial charge on any atom is 0.0892 e. The number of pyridine rings is 1. The van der Waals surface area contributed by atoms with Gasteiger partial charge in [0.1, 0.15) is 0 Å². The van der Waals surface area contributed by atoms with Gasteiger partial charge in [0.05, 0.1) is 18.9 Å². The summed E-state index contributed by atoms with van der Waals surface area (Å²) in [6.07, 6.45) is 5.97. The van der Waals surface area contributed by atoms with Crippen LogP contribution >= 0.6 is 0 Å². The smallest absolute Gasteiger partial charge is 0.0892 e. The van der Waals surface area contributed by atoms with Crippen molar-refractivity contribution in [3.05, 3.63) is 83.9 Å². The Morgan fingerprint density at radius 2 is 1.83 bits per heavy atom. The summed E-state index contributed by atoms with van der Waals surface area (Å²) < 4.78 is 7.86. The second kappa shape index (κ2) is 7.25. The molecule has 0 N–H and O–H groups in total. The van der Waals surface area contributed by atoms with E-state index in [-0.39, 0.29) is 0 Å². The first kappa shape index (κ1) is 15.5. The van der Waals surface area contributed by atoms with Crippen molar-refractivity contribution >= 4 is 0 Å². The summed E-state index contributed by atoms with van der Waals surface area (Å²) in [6.45, 7) is 5.55. The molecule has 0 saturated carbocycles. The molecule has 0 saturated heterocycles. The molecule has 0 spiro atoms. The zero-order valence-corrected chi connectivity index (χ0v) is 13.6. The van der Waals surface area contributed by atoms with Crippen molar-refractivity contribution < 1.29 is 4.74 Å². The molecule has 0 atom stereocenters. The van der Waals surface area contributed by atoms with E-state index in [2.05, 4.69) is 66.1 Å². The zero-order valence-electron chi connectivity index (χ0n) is 13.6. The highest BCUT2D eigenvalue weighted by atomic mass is 16.5. The molecule has 3 aromatic rings. The Morgan fingerprint density at radius 1 is 1.00 bits per heavy atom. The molecule has 0 unspecified atom stereocenters. The molecule has 1 aromatic carbocycles. The van der Waals surface area contributed by atoms with Gasteiger partial charge in [0, 0.05) is 24.3 Å². The highest BCUT2D eigenvalue weighted by molar-refractivity contribution is 5.37. The van der Waals surface area contributed by atoms with Gasteiger partial charge in [0.2, 0.25) is 0 Å². The first-order valence-electron chi connectivity index (χ1n) is 7.97. The molecule has 3 rings (SSSR count). The molecule has 118 valence electrons. The lowest BCUT2D eigenvalue weighted by atomic mass is 10.0. The van der Waals surface area contributed by atoms with Gasteiger partial charge in [0.25, 0.3) is 0 Å². The van der Waals surface area contributed by atoms with E-state index in [0.717, 1.165) is 11.3 Å². The van der Waals surface area contributed by atoms with Crippen LogP contribution in [0, 0.1) is 0 Å². The van der Waals surface area contributed by atoms with Gasteiger partial charge in [0.15, 0.2) is 0 Å². The third-order valence-corrected chi connectivity index (χ3v) is 3.86. The molecule has 23 heavy (non-hydrogen) atoms. The van der Waals surface area contributed by atoms with Crippen molar-refractivity contribution in [3.63, 3.8) is 0 Å². The number of nitrogens with zero attached hydrogens (tertiary/aromatic N) is 2. The van der Waals surface area contributed by atoms with Crippen molar-refractivity contribution in [2.24, 2.45) is 0 Å². The lowest BCUT2D eigenvalue weighted by Crippen LogP contribution is -1.96. The van der Waals surface area contributed by atoms with E-state index in [1.165, 1.54) is 11.3 Å². The van der Waals surface area contributed by atoms with E-state index in [9.17, 15) is 0 Å². The fourth-order valence-corrected chi connectivity index (χ4v) is 2.48. The summed E-state index contributed by atoms with van der Waals surface area (Å²) in [5.41, 5.74) is 4.65. The molecule has 3 nitrogen and oxygen atoms in total. The van der Waals surface area contributed by atoms with E-state index in [1.807, 2.05) is 18.2 Å². The molecule has 0 aliphatic carbocycles. The number of ether oxygens (including phenoxy) is 1. The molecule has 3 heteroatoms. The Hall–Kier alpha value is -2.39. The number of aromatic nitrogens is 2. The molecule has 0 amide bonds. The van der Waals surface area contributed by atoms with Gasteiger partial charge in [-0.25, -0.2) is 0 Å². The summed E-state index contributed by atoms with van der Waals surface area (Å²) in [6, 6.07) is 16.7. The van der Waals surface area contributed by atoms with Gasteiger partial charge in [-0.2, -0.15) is 0 Å². The van der Waals surface area contributed by atoms with Crippen LogP contribution in [0.3, 0.4) is 0 Å². The summed E-state index contributed by atoms with van der Waals surface area (Å²) in [5, 5.41) is 0. The van der Waals surface area contributed by atoms with Gasteiger partial charge in [-0.1, -0.05) is 32.0 Å². The highest BCUT2D eigenvalue weighted by Crippen LogP contribution is 2.18. The van der Waals surface area contributed by atoms with Gasteiger partial charge in [-0.05, 0) is 47.4 Å². The van der Waals surface area contributed by atoms with Crippen LogP contribution in [0.1, 0.15) is 36.6 Å². The molecule has 0 aliphatic heterocycles. The molecule has 0 aliphatic rings. The molecule has 0 radical (unpaired) electrons. The number of hydrogen-bond donors (Lipinski definition) is 0. The maximum absolute atomic E-state index is 5.73. The Labute approximate surface area is 137 Å². The Bertz CT molecular complexity index is 730. The molecular weight excluding hydrogens is 284 g/mol. The van der Waals surface area contributed by atoms with Gasteiger partial charge >= 0.3 is 0 Å². The minimum atomic E-state index is 0.537. The summed E-state index contributed by atoms with van der Waals surface area (Å²) in [4.78, 5) is 4.25. The number of rotatable bonds is 6. The fraction of sp³-hybridized carbons (Fsp3) is 0.250. The van der Waals surface area contributed by atoms with Crippen molar-refractivity contribution in [1.29, 1.82) is 0 Å². The van der Waals surface area contributed by atoms with Crippen LogP contribution in [0.2, 0.25) is 0 Å². The Balaban J connectivity index is 1.59. The van der Waals surface area contributed by atoms with Gasteiger partial charge < -0.3 is 9.30 Å². The van der Waals surface area contributed by atoms with Crippen LogP contribution in [0.5, 0.6) is 0 Å². The molecule has 2 aromatic heterocycles. The first-order valence-corrected chi connectivity index (χ1v) is 7.97. The van der Waals surface area contributed by atoms with Crippen molar-refractivity contribution in [3.8, 4) is 5.69 Å². The monoisotopic (exact) mass is 306 g/mol. The van der Waals surface area contributed by atoms with Crippen LogP contribution in [0.25, 0.3) is 5.69 Å². The Kier molecular flexibility index (Phi) is 4.89. The molecule has 0 bridgehead atoms. The Morgan fingerprint density at radius 3 is 2.52 bits per heavy atom. The minimum Gasteiger partial charge on any atom is -0.370 e. The van der Waals surface area contributed by atoms with Crippen LogP contribution in [0.15, 0.2) is 67.1 Å². The van der Waals surface area contributed by atoms with Crippen LogP contribution in [-0.2, 0) is 18.0 Å². The predicted molar refractivity (Wildman–Crippen MR) is 92.6 cm³/mol. The standard InChI is InChI=1S/C20H22N2O/c1-16(2)18-6-8-20(9-7-18)22-12-10-17(13-22)14-23-15-19-5-3-4-11-21-19/h3-13,16H,14-15H2,1-2H3. The van der Waals surface area contributed by atoms with E-state index in [4.69, 9.17) is 4.74 Å². The quantitative estimate of drug-likeness (QED) is 0.659. The van der Waals surface area contributed by atoms with Crippen LogP contribution < -0.4 is 0 Å². The predicted octanol–water partition coefficient (Wildman–Crippen LogP) is 4.71. The van der Waals surface area contributed by atoms with Crippen molar-refractivity contribution in [2.45, 2.75) is 33.0 Å². The van der Waals surface area contributed by atoms with Gasteiger partial charge in [-0.15, -0.1) is 0 Å². The average molecular weight is 306 g/mol. The third-order valence-electron chi connectivity index (χ3n) is 3.86. The third kappa shape index (κ3) is 4.08. The maximum atomic E-state index is 5.73. The summed E-state index contributed by atoms with van der Waals surface area (Å²) in [7, 11) is 0. The topological polar surface area (TPSA) is 27.1 Å². The van der Waals surface area contributed by atoms with Crippen LogP contribution in [-0.4, -0.2) is 9.55 Å². The molecule has 0 fully saturated rings. The second-order valence-electron chi connectivity index (χ2n) is 5.99. The fourth-order valence-electron chi connectivity index (χ4n) is 2.48.